The Balaban J connectivity index is 1.52. The first kappa shape index (κ1) is 21.9. The van der Waals surface area contributed by atoms with Gasteiger partial charge < -0.3 is 10.6 Å². The molecule has 3 aromatic rings. The van der Waals surface area contributed by atoms with Crippen LogP contribution >= 0.6 is 23.1 Å². The van der Waals surface area contributed by atoms with Gasteiger partial charge >= 0.3 is 0 Å². The SMILES string of the molecule is CC(C)(C)C(=O)Nc1ccc(C(=O)CSc2nnc(Nc3ccc(F)cc3)s2)cc1. The minimum Gasteiger partial charge on any atom is -0.330 e. The van der Waals surface area contributed by atoms with Gasteiger partial charge in [-0.15, -0.1) is 10.2 Å². The summed E-state index contributed by atoms with van der Waals surface area (Å²) in [5.74, 6) is -0.216. The minimum absolute atomic E-state index is 0.0445. The van der Waals surface area contributed by atoms with E-state index < -0.39 is 5.41 Å². The molecule has 30 heavy (non-hydrogen) atoms. The van der Waals surface area contributed by atoms with Crippen LogP contribution in [0.15, 0.2) is 52.9 Å². The van der Waals surface area contributed by atoms with Gasteiger partial charge in [0, 0.05) is 22.4 Å². The van der Waals surface area contributed by atoms with Gasteiger partial charge in [0.2, 0.25) is 11.0 Å². The Morgan fingerprint density at radius 2 is 1.63 bits per heavy atom. The lowest BCUT2D eigenvalue weighted by atomic mass is 9.95. The molecule has 2 N–H and O–H groups in total. The molecule has 0 radical (unpaired) electrons. The Kier molecular flexibility index (Phi) is 6.84. The molecule has 3 rings (SSSR count). The molecular weight excluding hydrogens is 423 g/mol. The Hall–Kier alpha value is -2.78. The Morgan fingerprint density at radius 1 is 1.00 bits per heavy atom. The van der Waals surface area contributed by atoms with Crippen LogP contribution in [0.5, 0.6) is 0 Å². The van der Waals surface area contributed by atoms with Crippen LogP contribution in [-0.4, -0.2) is 27.6 Å². The fourth-order valence-corrected chi connectivity index (χ4v) is 3.91. The number of hydrogen-bond donors (Lipinski definition) is 2. The maximum atomic E-state index is 13.0. The summed E-state index contributed by atoms with van der Waals surface area (Å²) in [6, 6.07) is 12.8. The van der Waals surface area contributed by atoms with Crippen molar-refractivity contribution >= 4 is 51.3 Å². The van der Waals surface area contributed by atoms with Crippen molar-refractivity contribution in [3.63, 3.8) is 0 Å². The standard InChI is InChI=1S/C21H21FN4O2S2/c1-21(2,3)18(28)23-15-8-4-13(5-9-15)17(27)12-29-20-26-25-19(30-20)24-16-10-6-14(22)7-11-16/h4-11H,12H2,1-3H3,(H,23,28)(H,24,25). The highest BCUT2D eigenvalue weighted by Gasteiger charge is 2.21. The Labute approximate surface area is 182 Å². The van der Waals surface area contributed by atoms with Gasteiger partial charge in [0.25, 0.3) is 0 Å². The zero-order valence-electron chi connectivity index (χ0n) is 16.7. The quantitative estimate of drug-likeness (QED) is 0.376. The van der Waals surface area contributed by atoms with Gasteiger partial charge in [0.1, 0.15) is 5.82 Å². The molecule has 0 atom stereocenters. The highest BCUT2D eigenvalue weighted by Crippen LogP contribution is 2.28. The summed E-state index contributed by atoms with van der Waals surface area (Å²) in [6.45, 7) is 5.52. The number of nitrogens with one attached hydrogen (secondary N) is 2. The maximum Gasteiger partial charge on any atom is 0.229 e. The molecule has 0 aliphatic heterocycles. The molecule has 1 amide bonds. The largest absolute Gasteiger partial charge is 0.330 e. The summed E-state index contributed by atoms with van der Waals surface area (Å²) in [5, 5.41) is 14.5. The lowest BCUT2D eigenvalue weighted by Crippen LogP contribution is -2.27. The highest BCUT2D eigenvalue weighted by atomic mass is 32.2. The number of anilines is 3. The predicted molar refractivity (Wildman–Crippen MR) is 119 cm³/mol. The third-order valence-corrected chi connectivity index (χ3v) is 5.95. The molecule has 9 heteroatoms. The Bertz CT molecular complexity index is 1030. The number of ketones is 1. The van der Waals surface area contributed by atoms with E-state index in [0.29, 0.717) is 26.4 Å². The lowest BCUT2D eigenvalue weighted by Gasteiger charge is -2.17. The fourth-order valence-electron chi connectivity index (χ4n) is 2.24. The zero-order chi connectivity index (χ0) is 21.7. The average Bonchev–Trinajstić information content (AvgIpc) is 3.15. The van der Waals surface area contributed by atoms with Gasteiger partial charge in [0.05, 0.1) is 5.75 Å². The van der Waals surface area contributed by atoms with Crippen molar-refractivity contribution in [1.29, 1.82) is 0 Å². The summed E-state index contributed by atoms with van der Waals surface area (Å²) in [4.78, 5) is 24.5. The van der Waals surface area contributed by atoms with Crippen LogP contribution in [0.1, 0.15) is 31.1 Å². The number of carbonyl (C=O) groups excluding carboxylic acids is 2. The first-order valence-electron chi connectivity index (χ1n) is 9.14. The molecule has 0 fully saturated rings. The molecule has 2 aromatic carbocycles. The van der Waals surface area contributed by atoms with Crippen LogP contribution in [-0.2, 0) is 4.79 Å². The summed E-state index contributed by atoms with van der Waals surface area (Å²) >= 11 is 2.62. The molecule has 0 saturated heterocycles. The van der Waals surface area contributed by atoms with Gasteiger partial charge in [-0.25, -0.2) is 4.39 Å². The first-order valence-corrected chi connectivity index (χ1v) is 10.9. The number of carbonyl (C=O) groups is 2. The van der Waals surface area contributed by atoms with E-state index in [4.69, 9.17) is 0 Å². The highest BCUT2D eigenvalue weighted by molar-refractivity contribution is 8.01. The number of rotatable bonds is 7. The fraction of sp³-hybridized carbons (Fsp3) is 0.238. The average molecular weight is 445 g/mol. The number of Topliss-reactive ketones (excluding diaryl/α,β-unsaturated/α-hetero) is 1. The maximum absolute atomic E-state index is 13.0. The number of halogens is 1. The van der Waals surface area contributed by atoms with E-state index in [9.17, 15) is 14.0 Å². The van der Waals surface area contributed by atoms with Crippen molar-refractivity contribution in [2.24, 2.45) is 5.41 Å². The molecule has 0 aliphatic carbocycles. The number of thioether (sulfide) groups is 1. The van der Waals surface area contributed by atoms with Crippen molar-refractivity contribution in [3.8, 4) is 0 Å². The monoisotopic (exact) mass is 444 g/mol. The van der Waals surface area contributed by atoms with Crippen LogP contribution in [0.4, 0.5) is 20.9 Å². The summed E-state index contributed by atoms with van der Waals surface area (Å²) in [6.07, 6.45) is 0. The molecule has 1 heterocycles. The summed E-state index contributed by atoms with van der Waals surface area (Å²) in [7, 11) is 0. The molecule has 1 aromatic heterocycles. The second kappa shape index (κ2) is 9.36. The van der Waals surface area contributed by atoms with E-state index in [0.717, 1.165) is 0 Å². The van der Waals surface area contributed by atoms with Crippen LogP contribution in [0.25, 0.3) is 0 Å². The molecule has 0 bridgehead atoms. The van der Waals surface area contributed by atoms with E-state index in [2.05, 4.69) is 20.8 Å². The van der Waals surface area contributed by atoms with E-state index in [-0.39, 0.29) is 23.3 Å². The molecule has 6 nitrogen and oxygen atoms in total. The molecule has 0 saturated carbocycles. The van der Waals surface area contributed by atoms with E-state index in [1.807, 2.05) is 20.8 Å². The minimum atomic E-state index is -0.489. The zero-order valence-corrected chi connectivity index (χ0v) is 18.4. The number of hydrogen-bond acceptors (Lipinski definition) is 7. The first-order chi connectivity index (χ1) is 14.2. The van der Waals surface area contributed by atoms with Gasteiger partial charge in [-0.1, -0.05) is 43.9 Å². The molecule has 156 valence electrons. The molecule has 0 aliphatic rings. The summed E-state index contributed by atoms with van der Waals surface area (Å²) < 4.78 is 13.6. The molecule has 0 unspecified atom stereocenters. The Morgan fingerprint density at radius 3 is 2.27 bits per heavy atom. The van der Waals surface area contributed by atoms with Crippen LogP contribution < -0.4 is 10.6 Å². The number of benzene rings is 2. The van der Waals surface area contributed by atoms with Crippen molar-refractivity contribution in [1.82, 2.24) is 10.2 Å². The van der Waals surface area contributed by atoms with Crippen molar-refractivity contribution in [3.05, 3.63) is 59.9 Å². The van der Waals surface area contributed by atoms with E-state index in [1.54, 1.807) is 36.4 Å². The number of amides is 1. The second-order valence-corrected chi connectivity index (χ2v) is 9.70. The normalized spacial score (nSPS) is 11.2. The van der Waals surface area contributed by atoms with Crippen molar-refractivity contribution < 1.29 is 14.0 Å². The lowest BCUT2D eigenvalue weighted by molar-refractivity contribution is -0.123. The third-order valence-electron chi connectivity index (χ3n) is 3.97. The van der Waals surface area contributed by atoms with Crippen LogP contribution in [0.3, 0.4) is 0 Å². The van der Waals surface area contributed by atoms with Crippen LogP contribution in [0.2, 0.25) is 0 Å². The van der Waals surface area contributed by atoms with Gasteiger partial charge in [-0.05, 0) is 48.5 Å². The molecular formula is C21H21FN4O2S2. The van der Waals surface area contributed by atoms with Crippen molar-refractivity contribution in [2.45, 2.75) is 25.1 Å². The number of nitrogens with zero attached hydrogens (tertiary/aromatic N) is 2. The topological polar surface area (TPSA) is 84.0 Å². The molecule has 0 spiro atoms. The van der Waals surface area contributed by atoms with Crippen molar-refractivity contribution in [2.75, 3.05) is 16.4 Å². The van der Waals surface area contributed by atoms with Gasteiger partial charge in [-0.2, -0.15) is 0 Å². The van der Waals surface area contributed by atoms with Crippen LogP contribution in [0, 0.1) is 11.2 Å². The second-order valence-electron chi connectivity index (χ2n) is 7.50. The smallest absolute Gasteiger partial charge is 0.229 e. The number of aromatic nitrogens is 2. The predicted octanol–water partition coefficient (Wildman–Crippen LogP) is 5.38. The third kappa shape index (κ3) is 6.11. The van der Waals surface area contributed by atoms with Gasteiger partial charge in [-0.3, -0.25) is 9.59 Å². The summed E-state index contributed by atoms with van der Waals surface area (Å²) in [5.41, 5.74) is 1.43. The van der Waals surface area contributed by atoms with E-state index in [1.165, 1.54) is 35.2 Å². The van der Waals surface area contributed by atoms with Gasteiger partial charge in [0.15, 0.2) is 10.1 Å². The van der Waals surface area contributed by atoms with E-state index >= 15 is 0 Å².